The molecule has 0 aliphatic carbocycles. The number of rotatable bonds is 5. The van der Waals surface area contributed by atoms with Crippen molar-refractivity contribution in [3.8, 4) is 0 Å². The third-order valence-corrected chi connectivity index (χ3v) is 4.44. The van der Waals surface area contributed by atoms with Crippen molar-refractivity contribution in [2.75, 3.05) is 25.6 Å². The molecule has 1 aliphatic heterocycles. The first-order valence-electron chi connectivity index (χ1n) is 5.88. The minimum Gasteiger partial charge on any atom is -0.396 e. The Labute approximate surface area is 114 Å². The molecule has 0 bridgehead atoms. The van der Waals surface area contributed by atoms with Crippen molar-refractivity contribution in [2.24, 2.45) is 5.41 Å². The molecule has 1 saturated heterocycles. The van der Waals surface area contributed by atoms with Gasteiger partial charge in [0.2, 0.25) is 0 Å². The van der Waals surface area contributed by atoms with Crippen LogP contribution < -0.4 is 0 Å². The molecule has 1 aromatic carbocycles. The number of benzene rings is 1. The van der Waals surface area contributed by atoms with Gasteiger partial charge in [-0.25, -0.2) is 0 Å². The van der Waals surface area contributed by atoms with Crippen LogP contribution in [0.5, 0.6) is 0 Å². The van der Waals surface area contributed by atoms with Gasteiger partial charge in [-0.1, -0.05) is 18.2 Å². The molecule has 2 nitrogen and oxygen atoms in total. The SMILES string of the molecule is OCC1(CSCc2cccc(C(F)(F)F)c2)COC1. The van der Waals surface area contributed by atoms with E-state index in [1.165, 1.54) is 23.9 Å². The number of halogens is 3. The van der Waals surface area contributed by atoms with Crippen molar-refractivity contribution >= 4 is 11.8 Å². The van der Waals surface area contributed by atoms with E-state index in [-0.39, 0.29) is 12.0 Å². The second-order valence-corrected chi connectivity index (χ2v) is 5.83. The zero-order valence-electron chi connectivity index (χ0n) is 10.2. The van der Waals surface area contributed by atoms with Crippen LogP contribution in [0.15, 0.2) is 24.3 Å². The number of aliphatic hydroxyl groups excluding tert-OH is 1. The Morgan fingerprint density at radius 1 is 1.32 bits per heavy atom. The summed E-state index contributed by atoms with van der Waals surface area (Å²) in [6, 6.07) is 5.36. The lowest BCUT2D eigenvalue weighted by atomic mass is 9.90. The van der Waals surface area contributed by atoms with Crippen LogP contribution in [0.4, 0.5) is 13.2 Å². The van der Waals surface area contributed by atoms with Gasteiger partial charge in [0.25, 0.3) is 0 Å². The average Bonchev–Trinajstić information content (AvgIpc) is 2.32. The molecular formula is C13H15F3O2S. The van der Waals surface area contributed by atoms with Crippen LogP contribution >= 0.6 is 11.8 Å². The third kappa shape index (κ3) is 3.64. The molecular weight excluding hydrogens is 277 g/mol. The fourth-order valence-electron chi connectivity index (χ4n) is 1.83. The second-order valence-electron chi connectivity index (χ2n) is 4.84. The highest BCUT2D eigenvalue weighted by Crippen LogP contribution is 2.33. The minimum absolute atomic E-state index is 0.0581. The van der Waals surface area contributed by atoms with E-state index in [1.54, 1.807) is 6.07 Å². The number of ether oxygens (including phenoxy) is 1. The smallest absolute Gasteiger partial charge is 0.396 e. The standard InChI is InChI=1S/C13H15F3O2S/c14-13(15,16)11-3-1-2-10(4-11)5-19-9-12(6-17)7-18-8-12/h1-4,17H,5-9H2. The summed E-state index contributed by atoms with van der Waals surface area (Å²) >= 11 is 1.53. The maximum absolute atomic E-state index is 12.5. The Morgan fingerprint density at radius 2 is 2.05 bits per heavy atom. The Balaban J connectivity index is 1.89. The van der Waals surface area contributed by atoms with Crippen LogP contribution in [-0.4, -0.2) is 30.7 Å². The predicted octanol–water partition coefficient (Wildman–Crippen LogP) is 2.95. The summed E-state index contributed by atoms with van der Waals surface area (Å²) in [5.41, 5.74) is -0.172. The Bertz CT molecular complexity index is 425. The van der Waals surface area contributed by atoms with E-state index in [4.69, 9.17) is 4.74 Å². The fourth-order valence-corrected chi connectivity index (χ4v) is 3.04. The van der Waals surface area contributed by atoms with E-state index in [0.29, 0.717) is 30.3 Å². The quantitative estimate of drug-likeness (QED) is 0.905. The summed E-state index contributed by atoms with van der Waals surface area (Å²) in [5, 5.41) is 9.24. The van der Waals surface area contributed by atoms with Gasteiger partial charge in [0.1, 0.15) is 0 Å². The summed E-state index contributed by atoms with van der Waals surface area (Å²) in [4.78, 5) is 0. The van der Waals surface area contributed by atoms with Gasteiger partial charge in [-0.05, 0) is 11.6 Å². The van der Waals surface area contributed by atoms with Crippen molar-refractivity contribution in [3.05, 3.63) is 35.4 Å². The summed E-state index contributed by atoms with van der Waals surface area (Å²) in [6.07, 6.45) is -4.30. The molecule has 106 valence electrons. The van der Waals surface area contributed by atoms with Crippen molar-refractivity contribution in [3.63, 3.8) is 0 Å². The first-order chi connectivity index (χ1) is 8.95. The van der Waals surface area contributed by atoms with Crippen LogP contribution in [0.2, 0.25) is 0 Å². The van der Waals surface area contributed by atoms with Crippen LogP contribution in [0.1, 0.15) is 11.1 Å². The van der Waals surface area contributed by atoms with Crippen molar-refractivity contribution in [2.45, 2.75) is 11.9 Å². The average molecular weight is 292 g/mol. The topological polar surface area (TPSA) is 29.5 Å². The van der Waals surface area contributed by atoms with Gasteiger partial charge >= 0.3 is 6.18 Å². The van der Waals surface area contributed by atoms with Gasteiger partial charge in [-0.15, -0.1) is 0 Å². The summed E-state index contributed by atoms with van der Waals surface area (Å²) in [6.45, 7) is 1.11. The highest BCUT2D eigenvalue weighted by molar-refractivity contribution is 7.98. The molecule has 0 amide bonds. The molecule has 0 spiro atoms. The molecule has 0 radical (unpaired) electrons. The third-order valence-electron chi connectivity index (χ3n) is 3.08. The normalized spacial score (nSPS) is 18.1. The molecule has 0 unspecified atom stereocenters. The minimum atomic E-state index is -4.30. The number of hydrogen-bond acceptors (Lipinski definition) is 3. The van der Waals surface area contributed by atoms with Crippen LogP contribution in [-0.2, 0) is 16.7 Å². The summed E-state index contributed by atoms with van der Waals surface area (Å²) in [7, 11) is 0. The lowest BCUT2D eigenvalue weighted by molar-refractivity contribution is -0.137. The molecule has 0 atom stereocenters. The van der Waals surface area contributed by atoms with Crippen molar-refractivity contribution < 1.29 is 23.0 Å². The van der Waals surface area contributed by atoms with Crippen molar-refractivity contribution in [1.29, 1.82) is 0 Å². The van der Waals surface area contributed by atoms with Gasteiger partial charge in [0.05, 0.1) is 25.4 Å². The van der Waals surface area contributed by atoms with E-state index in [0.717, 1.165) is 6.07 Å². The fraction of sp³-hybridized carbons (Fsp3) is 0.538. The summed E-state index contributed by atoms with van der Waals surface area (Å²) < 4.78 is 42.7. The molecule has 1 aliphatic rings. The molecule has 1 fully saturated rings. The van der Waals surface area contributed by atoms with Gasteiger partial charge in [-0.2, -0.15) is 24.9 Å². The number of aliphatic hydroxyl groups is 1. The lowest BCUT2D eigenvalue weighted by Gasteiger charge is -2.39. The Morgan fingerprint density at radius 3 is 2.58 bits per heavy atom. The Kier molecular flexibility index (Phi) is 4.43. The first kappa shape index (κ1) is 14.7. The predicted molar refractivity (Wildman–Crippen MR) is 67.9 cm³/mol. The molecule has 1 N–H and O–H groups in total. The van der Waals surface area contributed by atoms with Crippen LogP contribution in [0.3, 0.4) is 0 Å². The summed E-state index contributed by atoms with van der Waals surface area (Å²) in [5.74, 6) is 1.20. The molecule has 2 rings (SSSR count). The monoisotopic (exact) mass is 292 g/mol. The van der Waals surface area contributed by atoms with Crippen molar-refractivity contribution in [1.82, 2.24) is 0 Å². The van der Waals surface area contributed by atoms with Crippen LogP contribution in [0.25, 0.3) is 0 Å². The van der Waals surface area contributed by atoms with Gasteiger partial charge in [0.15, 0.2) is 0 Å². The number of hydrogen-bond donors (Lipinski definition) is 1. The van der Waals surface area contributed by atoms with Crippen LogP contribution in [0, 0.1) is 5.41 Å². The highest BCUT2D eigenvalue weighted by Gasteiger charge is 2.37. The first-order valence-corrected chi connectivity index (χ1v) is 7.03. The van der Waals surface area contributed by atoms with E-state index in [9.17, 15) is 18.3 Å². The molecule has 0 aromatic heterocycles. The van der Waals surface area contributed by atoms with E-state index >= 15 is 0 Å². The largest absolute Gasteiger partial charge is 0.416 e. The van der Waals surface area contributed by atoms with Gasteiger partial charge in [-0.3, -0.25) is 0 Å². The number of alkyl halides is 3. The van der Waals surface area contributed by atoms with E-state index in [2.05, 4.69) is 0 Å². The molecule has 1 heterocycles. The second kappa shape index (κ2) is 5.73. The number of thioether (sulfide) groups is 1. The van der Waals surface area contributed by atoms with Gasteiger partial charge < -0.3 is 9.84 Å². The zero-order valence-corrected chi connectivity index (χ0v) is 11.1. The lowest BCUT2D eigenvalue weighted by Crippen LogP contribution is -2.47. The zero-order chi connectivity index (χ0) is 13.9. The molecule has 6 heteroatoms. The van der Waals surface area contributed by atoms with E-state index < -0.39 is 11.7 Å². The highest BCUT2D eigenvalue weighted by atomic mass is 32.2. The molecule has 19 heavy (non-hydrogen) atoms. The van der Waals surface area contributed by atoms with E-state index in [1.807, 2.05) is 0 Å². The van der Waals surface area contributed by atoms with Gasteiger partial charge in [0, 0.05) is 16.9 Å². The molecule has 0 saturated carbocycles. The maximum Gasteiger partial charge on any atom is 0.416 e. The Hall–Kier alpha value is -0.720. The maximum atomic E-state index is 12.5. The molecule has 1 aromatic rings.